The minimum absolute atomic E-state index is 0.179. The lowest BCUT2D eigenvalue weighted by Gasteiger charge is -2.39. The zero-order chi connectivity index (χ0) is 15.2. The van der Waals surface area contributed by atoms with Crippen LogP contribution in [-0.2, 0) is 4.79 Å². The summed E-state index contributed by atoms with van der Waals surface area (Å²) >= 11 is 0. The highest BCUT2D eigenvalue weighted by Crippen LogP contribution is 2.21. The highest BCUT2D eigenvalue weighted by Gasteiger charge is 2.33. The summed E-state index contributed by atoms with van der Waals surface area (Å²) in [5.74, 6) is -0.356. The number of nitrogens with two attached hydrogens (primary N) is 1. The molecule has 0 bridgehead atoms. The first-order valence-electron chi connectivity index (χ1n) is 7.43. The average Bonchev–Trinajstić information content (AvgIpc) is 2.27. The number of hydrogen-bond acceptors (Lipinski definition) is 3. The van der Waals surface area contributed by atoms with Crippen LogP contribution in [0.5, 0.6) is 0 Å². The van der Waals surface area contributed by atoms with Crippen LogP contribution < -0.4 is 5.73 Å². The van der Waals surface area contributed by atoms with Crippen LogP contribution in [0.15, 0.2) is 0 Å². The first-order valence-corrected chi connectivity index (χ1v) is 7.43. The largest absolute Gasteiger partial charge is 0.480 e. The Morgan fingerprint density at radius 1 is 1.26 bits per heavy atom. The minimum Gasteiger partial charge on any atom is -0.480 e. The lowest BCUT2D eigenvalue weighted by molar-refractivity contribution is -0.143. The smallest absolute Gasteiger partial charge is 0.323 e. The summed E-state index contributed by atoms with van der Waals surface area (Å²) in [5, 5.41) is 9.16. The van der Waals surface area contributed by atoms with E-state index in [1.54, 1.807) is 6.92 Å². The van der Waals surface area contributed by atoms with Gasteiger partial charge in [0.1, 0.15) is 5.54 Å². The number of rotatable bonds is 9. The maximum Gasteiger partial charge on any atom is 0.323 e. The second kappa shape index (κ2) is 7.85. The minimum atomic E-state index is -1.15. The van der Waals surface area contributed by atoms with Crippen molar-refractivity contribution in [2.45, 2.75) is 78.4 Å². The zero-order valence-corrected chi connectivity index (χ0v) is 13.4. The molecule has 0 rings (SSSR count). The first kappa shape index (κ1) is 18.4. The number of hydrogen-bond donors (Lipinski definition) is 2. The van der Waals surface area contributed by atoms with Gasteiger partial charge in [-0.2, -0.15) is 0 Å². The molecule has 4 heteroatoms. The number of aliphatic carboxylic acids is 1. The summed E-state index contributed by atoms with van der Waals surface area (Å²) in [4.78, 5) is 13.6. The molecule has 114 valence electrons. The van der Waals surface area contributed by atoms with Gasteiger partial charge < -0.3 is 10.8 Å². The van der Waals surface area contributed by atoms with E-state index in [4.69, 9.17) is 10.8 Å². The second-order valence-electron chi connectivity index (χ2n) is 6.34. The van der Waals surface area contributed by atoms with Crippen molar-refractivity contribution >= 4 is 5.97 Å². The van der Waals surface area contributed by atoms with E-state index in [9.17, 15) is 4.79 Å². The Labute approximate surface area is 118 Å². The molecule has 0 fully saturated rings. The normalized spacial score (nSPS) is 16.9. The number of nitrogens with zero attached hydrogens (tertiary/aromatic N) is 1. The SMILES string of the molecule is CCC(CC)N(CC(C)C)C(C)CC(C)(N)C(=O)O. The zero-order valence-electron chi connectivity index (χ0n) is 13.4. The Bertz CT molecular complexity index is 273. The van der Waals surface area contributed by atoms with E-state index in [0.29, 0.717) is 18.4 Å². The lowest BCUT2D eigenvalue weighted by Crippen LogP contribution is -2.52. The molecule has 0 aromatic heterocycles. The molecule has 2 atom stereocenters. The fraction of sp³-hybridized carbons (Fsp3) is 0.933. The topological polar surface area (TPSA) is 66.6 Å². The third-order valence-corrected chi connectivity index (χ3v) is 3.76. The van der Waals surface area contributed by atoms with Crippen LogP contribution in [-0.4, -0.2) is 40.1 Å². The van der Waals surface area contributed by atoms with E-state index >= 15 is 0 Å². The van der Waals surface area contributed by atoms with Gasteiger partial charge in [-0.05, 0) is 39.0 Å². The summed E-state index contributed by atoms with van der Waals surface area (Å²) in [6.45, 7) is 13.5. The summed E-state index contributed by atoms with van der Waals surface area (Å²) < 4.78 is 0. The monoisotopic (exact) mass is 272 g/mol. The Balaban J connectivity index is 4.89. The molecule has 0 aliphatic rings. The van der Waals surface area contributed by atoms with Gasteiger partial charge in [0, 0.05) is 18.6 Å². The van der Waals surface area contributed by atoms with Crippen molar-refractivity contribution in [3.63, 3.8) is 0 Å². The van der Waals surface area contributed by atoms with Gasteiger partial charge in [-0.15, -0.1) is 0 Å². The predicted octanol–water partition coefficient (Wildman–Crippen LogP) is 2.71. The molecule has 19 heavy (non-hydrogen) atoms. The number of carboxylic acid groups (broad SMARTS) is 1. The summed E-state index contributed by atoms with van der Waals surface area (Å²) in [5.41, 5.74) is 4.73. The maximum atomic E-state index is 11.2. The Hall–Kier alpha value is -0.610. The van der Waals surface area contributed by atoms with Crippen LogP contribution in [0.3, 0.4) is 0 Å². The molecule has 0 saturated heterocycles. The van der Waals surface area contributed by atoms with E-state index in [1.807, 2.05) is 0 Å². The maximum absolute atomic E-state index is 11.2. The lowest BCUT2D eigenvalue weighted by atomic mass is 9.92. The van der Waals surface area contributed by atoms with Crippen LogP contribution in [0.2, 0.25) is 0 Å². The van der Waals surface area contributed by atoms with Crippen LogP contribution >= 0.6 is 0 Å². The van der Waals surface area contributed by atoms with Gasteiger partial charge in [-0.3, -0.25) is 9.69 Å². The molecule has 0 aliphatic heterocycles. The molecule has 4 nitrogen and oxygen atoms in total. The van der Waals surface area contributed by atoms with E-state index in [2.05, 4.69) is 39.5 Å². The molecule has 0 aromatic carbocycles. The van der Waals surface area contributed by atoms with E-state index in [-0.39, 0.29) is 6.04 Å². The quantitative estimate of drug-likeness (QED) is 0.677. The molecular formula is C15H32N2O2. The molecule has 0 saturated carbocycles. The van der Waals surface area contributed by atoms with E-state index < -0.39 is 11.5 Å². The molecule has 2 unspecified atom stereocenters. The average molecular weight is 272 g/mol. The van der Waals surface area contributed by atoms with Crippen LogP contribution in [0, 0.1) is 5.92 Å². The van der Waals surface area contributed by atoms with E-state index in [1.165, 1.54) is 0 Å². The van der Waals surface area contributed by atoms with Gasteiger partial charge >= 0.3 is 5.97 Å². The van der Waals surface area contributed by atoms with Crippen molar-refractivity contribution < 1.29 is 9.90 Å². The van der Waals surface area contributed by atoms with Gasteiger partial charge in [0.25, 0.3) is 0 Å². The van der Waals surface area contributed by atoms with Crippen molar-refractivity contribution in [3.8, 4) is 0 Å². The second-order valence-corrected chi connectivity index (χ2v) is 6.34. The van der Waals surface area contributed by atoms with Gasteiger partial charge in [0.2, 0.25) is 0 Å². The van der Waals surface area contributed by atoms with Crippen molar-refractivity contribution in [2.75, 3.05) is 6.54 Å². The fourth-order valence-electron chi connectivity index (χ4n) is 2.69. The standard InChI is InChI=1S/C15H32N2O2/c1-7-13(8-2)17(10-11(3)4)12(5)9-15(6,16)14(18)19/h11-13H,7-10,16H2,1-6H3,(H,18,19). The van der Waals surface area contributed by atoms with Crippen LogP contribution in [0.25, 0.3) is 0 Å². The van der Waals surface area contributed by atoms with Gasteiger partial charge in [-0.1, -0.05) is 27.7 Å². The molecule has 0 aromatic rings. The van der Waals surface area contributed by atoms with E-state index in [0.717, 1.165) is 19.4 Å². The Morgan fingerprint density at radius 3 is 2.05 bits per heavy atom. The third kappa shape index (κ3) is 5.91. The summed E-state index contributed by atoms with van der Waals surface area (Å²) in [7, 11) is 0. The van der Waals surface area contributed by atoms with Gasteiger partial charge in [0.15, 0.2) is 0 Å². The molecule has 0 radical (unpaired) electrons. The Kier molecular flexibility index (Phi) is 7.60. The first-order chi connectivity index (χ1) is 8.65. The fourth-order valence-corrected chi connectivity index (χ4v) is 2.69. The van der Waals surface area contributed by atoms with Crippen LogP contribution in [0.4, 0.5) is 0 Å². The highest BCUT2D eigenvalue weighted by atomic mass is 16.4. The summed E-state index contributed by atoms with van der Waals surface area (Å²) in [6, 6.07) is 0.681. The van der Waals surface area contributed by atoms with Crippen LogP contribution in [0.1, 0.15) is 60.8 Å². The molecule has 0 aliphatic carbocycles. The van der Waals surface area contributed by atoms with Gasteiger partial charge in [-0.25, -0.2) is 0 Å². The Morgan fingerprint density at radius 2 is 1.74 bits per heavy atom. The molecular weight excluding hydrogens is 240 g/mol. The highest BCUT2D eigenvalue weighted by molar-refractivity contribution is 5.77. The van der Waals surface area contributed by atoms with Crippen molar-refractivity contribution in [1.29, 1.82) is 0 Å². The summed E-state index contributed by atoms with van der Waals surface area (Å²) in [6.07, 6.45) is 2.65. The molecule has 3 N–H and O–H groups in total. The molecule has 0 heterocycles. The van der Waals surface area contributed by atoms with Crippen molar-refractivity contribution in [1.82, 2.24) is 4.90 Å². The molecule has 0 amide bonds. The van der Waals surface area contributed by atoms with Crippen molar-refractivity contribution in [3.05, 3.63) is 0 Å². The van der Waals surface area contributed by atoms with Gasteiger partial charge in [0.05, 0.1) is 0 Å². The van der Waals surface area contributed by atoms with Crippen molar-refractivity contribution in [2.24, 2.45) is 11.7 Å². The third-order valence-electron chi connectivity index (χ3n) is 3.76. The molecule has 0 spiro atoms. The number of carbonyl (C=O) groups is 1. The predicted molar refractivity (Wildman–Crippen MR) is 80.2 cm³/mol. The number of carboxylic acids is 1.